The van der Waals surface area contributed by atoms with E-state index in [0.717, 1.165) is 12.2 Å². The summed E-state index contributed by atoms with van der Waals surface area (Å²) in [5, 5.41) is 2.75. The van der Waals surface area contributed by atoms with Crippen LogP contribution >= 0.6 is 11.8 Å². The first kappa shape index (κ1) is 25.4. The quantitative estimate of drug-likeness (QED) is 0.240. The van der Waals surface area contributed by atoms with Gasteiger partial charge in [0.25, 0.3) is 0 Å². The Hall–Kier alpha value is -0.520. The summed E-state index contributed by atoms with van der Waals surface area (Å²) in [5.74, 6) is 5.79. The number of hydrogen-bond donors (Lipinski definition) is 3. The molecule has 106 valence electrons. The minimum absolute atomic E-state index is 0.0796. The van der Waals surface area contributed by atoms with Gasteiger partial charge in [0.1, 0.15) is 0 Å². The second kappa shape index (κ2) is 36.1. The maximum atomic E-state index is 10.4. The average Bonchev–Trinajstić information content (AvgIpc) is 2.34. The molecule has 0 rings (SSSR count). The monoisotopic (exact) mass is 265 g/mol. The first-order valence-electron chi connectivity index (χ1n) is 5.78. The third-order valence-electron chi connectivity index (χ3n) is 0.913. The molecule has 0 aliphatic heterocycles. The number of hydrazine groups is 1. The summed E-state index contributed by atoms with van der Waals surface area (Å²) < 4.78 is 0. The lowest BCUT2D eigenvalue weighted by atomic mass is 10.3. The molecule has 0 aromatic carbocycles. The van der Waals surface area contributed by atoms with E-state index in [-0.39, 0.29) is 5.91 Å². The van der Waals surface area contributed by atoms with Crippen molar-refractivity contribution in [1.82, 2.24) is 10.7 Å². The van der Waals surface area contributed by atoms with Gasteiger partial charge in [-0.3, -0.25) is 10.2 Å². The number of allylic oxidation sites excluding steroid dienone is 1. The van der Waals surface area contributed by atoms with E-state index in [4.69, 9.17) is 5.84 Å². The van der Waals surface area contributed by atoms with Crippen LogP contribution in [0, 0.1) is 0 Å². The van der Waals surface area contributed by atoms with Crippen molar-refractivity contribution in [1.29, 1.82) is 0 Å². The van der Waals surface area contributed by atoms with Gasteiger partial charge in [-0.15, -0.1) is 6.58 Å². The van der Waals surface area contributed by atoms with Crippen LogP contribution in [-0.2, 0) is 4.79 Å². The molecule has 0 unspecified atom stereocenters. The maximum absolute atomic E-state index is 10.4. The Labute approximate surface area is 112 Å². The van der Waals surface area contributed by atoms with Crippen LogP contribution < -0.4 is 16.6 Å². The van der Waals surface area contributed by atoms with Gasteiger partial charge in [-0.05, 0) is 39.4 Å². The first-order valence-corrected chi connectivity index (χ1v) is 7.17. The fourth-order valence-corrected chi connectivity index (χ4v) is 0.882. The molecule has 0 aliphatic carbocycles. The number of rotatable bonds is 4. The number of amides is 1. The Bertz CT molecular complexity index is 133. The predicted octanol–water partition coefficient (Wildman–Crippen LogP) is 2.17. The molecular weight excluding hydrogens is 234 g/mol. The molecule has 0 bridgehead atoms. The lowest BCUT2D eigenvalue weighted by Crippen LogP contribution is -2.29. The van der Waals surface area contributed by atoms with Crippen molar-refractivity contribution in [3.63, 3.8) is 0 Å². The minimum Gasteiger partial charge on any atom is -0.323 e. The average molecular weight is 265 g/mol. The number of nitrogens with one attached hydrogen (secondary N) is 2. The molecule has 0 radical (unpaired) electrons. The predicted molar refractivity (Wildman–Crippen MR) is 82.1 cm³/mol. The van der Waals surface area contributed by atoms with E-state index in [1.807, 2.05) is 41.1 Å². The van der Waals surface area contributed by atoms with Gasteiger partial charge in [0, 0.05) is 6.42 Å². The highest BCUT2D eigenvalue weighted by molar-refractivity contribution is 7.98. The molecule has 4 nitrogen and oxygen atoms in total. The third kappa shape index (κ3) is 67.0. The van der Waals surface area contributed by atoms with Crippen LogP contribution in [0.4, 0.5) is 0 Å². The van der Waals surface area contributed by atoms with Crippen molar-refractivity contribution in [3.05, 3.63) is 12.7 Å². The van der Waals surface area contributed by atoms with Gasteiger partial charge in [0.15, 0.2) is 0 Å². The van der Waals surface area contributed by atoms with E-state index < -0.39 is 0 Å². The molecule has 0 aliphatic rings. The highest BCUT2D eigenvalue weighted by atomic mass is 32.2. The number of hydrogen-bond acceptors (Lipinski definition) is 4. The third-order valence-corrected chi connectivity index (χ3v) is 1.61. The van der Waals surface area contributed by atoms with Crippen LogP contribution in [0.15, 0.2) is 12.7 Å². The highest BCUT2D eigenvalue weighted by Crippen LogP contribution is 1.97. The molecule has 0 aromatic heterocycles. The molecule has 0 spiro atoms. The molecule has 0 heterocycles. The molecule has 0 saturated carbocycles. The summed E-state index contributed by atoms with van der Waals surface area (Å²) in [6.07, 6.45) is 5.21. The van der Waals surface area contributed by atoms with Crippen LogP contribution in [-0.4, -0.2) is 32.0 Å². The summed E-state index contributed by atoms with van der Waals surface area (Å²) >= 11 is 1.73. The summed E-state index contributed by atoms with van der Waals surface area (Å²) in [6, 6.07) is 0. The Morgan fingerprint density at radius 3 is 2.00 bits per heavy atom. The van der Waals surface area contributed by atoms with E-state index >= 15 is 0 Å². The number of carbonyl (C=O) groups is 1. The van der Waals surface area contributed by atoms with E-state index in [0.29, 0.717) is 6.42 Å². The normalized spacial score (nSPS) is 7.00. The van der Waals surface area contributed by atoms with Gasteiger partial charge in [-0.2, -0.15) is 11.8 Å². The summed E-state index contributed by atoms with van der Waals surface area (Å²) in [6.45, 7) is 9.25. The number of thioether (sulfide) groups is 1. The van der Waals surface area contributed by atoms with E-state index in [1.54, 1.807) is 17.8 Å². The maximum Gasteiger partial charge on any atom is 0.233 e. The second-order valence-corrected chi connectivity index (χ2v) is 3.56. The van der Waals surface area contributed by atoms with Gasteiger partial charge in [-0.1, -0.05) is 19.9 Å². The van der Waals surface area contributed by atoms with E-state index in [1.165, 1.54) is 0 Å². The minimum atomic E-state index is -0.0796. The van der Waals surface area contributed by atoms with Crippen LogP contribution in [0.2, 0.25) is 0 Å². The largest absolute Gasteiger partial charge is 0.323 e. The van der Waals surface area contributed by atoms with Crippen molar-refractivity contribution in [2.75, 3.05) is 26.1 Å². The highest BCUT2D eigenvalue weighted by Gasteiger charge is 1.94. The topological polar surface area (TPSA) is 67.2 Å². The molecule has 4 N–H and O–H groups in total. The molecule has 0 saturated heterocycles. The molecule has 0 atom stereocenters. The zero-order valence-corrected chi connectivity index (χ0v) is 13.1. The standard InChI is InChI=1S/C5H12N2OS.C3H6.C2H7N.C2H6/c1-9-4-2-3-5(8)7-6;2*1-3-2;1-2/h2-4,6H2,1H3,(H,7,8);3H,1H2,2H3;3H,1-2H3;1-2H3. The molecule has 0 fully saturated rings. The molecule has 1 amide bonds. The zero-order valence-electron chi connectivity index (χ0n) is 12.3. The van der Waals surface area contributed by atoms with Gasteiger partial charge in [-0.25, -0.2) is 5.84 Å². The fraction of sp³-hybridized carbons (Fsp3) is 0.750. The van der Waals surface area contributed by atoms with Gasteiger partial charge in [0.2, 0.25) is 5.91 Å². The van der Waals surface area contributed by atoms with Crippen LogP contribution in [0.3, 0.4) is 0 Å². The van der Waals surface area contributed by atoms with Gasteiger partial charge < -0.3 is 5.32 Å². The van der Waals surface area contributed by atoms with Crippen molar-refractivity contribution < 1.29 is 4.79 Å². The Kier molecular flexibility index (Phi) is 53.9. The molecular formula is C12H31N3OS. The molecule has 5 heteroatoms. The van der Waals surface area contributed by atoms with Crippen molar-refractivity contribution in [2.24, 2.45) is 5.84 Å². The Morgan fingerprint density at radius 2 is 1.76 bits per heavy atom. The van der Waals surface area contributed by atoms with Gasteiger partial charge in [0.05, 0.1) is 0 Å². The van der Waals surface area contributed by atoms with Crippen molar-refractivity contribution >= 4 is 17.7 Å². The van der Waals surface area contributed by atoms with Crippen molar-refractivity contribution in [2.45, 2.75) is 33.6 Å². The summed E-state index contributed by atoms with van der Waals surface area (Å²) in [7, 11) is 3.75. The lowest BCUT2D eigenvalue weighted by Gasteiger charge is -1.95. The fourth-order valence-electron chi connectivity index (χ4n) is 0.449. The Balaban J connectivity index is -0.0000000879. The SMILES string of the molecule is C=CC.CC.CNC.CSCCCC(=O)NN. The zero-order chi connectivity index (χ0) is 14.5. The summed E-state index contributed by atoms with van der Waals surface area (Å²) in [5.41, 5.74) is 2.08. The number of nitrogens with two attached hydrogens (primary N) is 1. The van der Waals surface area contributed by atoms with Crippen LogP contribution in [0.1, 0.15) is 33.6 Å². The molecule has 0 aromatic rings. The van der Waals surface area contributed by atoms with Crippen LogP contribution in [0.5, 0.6) is 0 Å². The summed E-state index contributed by atoms with van der Waals surface area (Å²) in [4.78, 5) is 10.4. The van der Waals surface area contributed by atoms with E-state index in [2.05, 4.69) is 17.3 Å². The second-order valence-electron chi connectivity index (χ2n) is 2.57. The van der Waals surface area contributed by atoms with E-state index in [9.17, 15) is 4.79 Å². The van der Waals surface area contributed by atoms with Crippen molar-refractivity contribution in [3.8, 4) is 0 Å². The molecule has 17 heavy (non-hydrogen) atoms. The van der Waals surface area contributed by atoms with Crippen LogP contribution in [0.25, 0.3) is 0 Å². The Morgan fingerprint density at radius 1 is 1.41 bits per heavy atom. The van der Waals surface area contributed by atoms with Gasteiger partial charge >= 0.3 is 0 Å². The smallest absolute Gasteiger partial charge is 0.233 e. The first-order chi connectivity index (χ1) is 8.14. The number of carbonyl (C=O) groups excluding carboxylic acids is 1. The lowest BCUT2D eigenvalue weighted by molar-refractivity contribution is -0.121.